The number of anilines is 2. The van der Waals surface area contributed by atoms with Crippen LogP contribution in [0.4, 0.5) is 15.9 Å². The van der Waals surface area contributed by atoms with Crippen LogP contribution in [-0.2, 0) is 11.2 Å². The van der Waals surface area contributed by atoms with Crippen LogP contribution in [0.1, 0.15) is 30.9 Å². The molecule has 1 aromatic carbocycles. The maximum atomic E-state index is 12.1. The van der Waals surface area contributed by atoms with Gasteiger partial charge in [-0.15, -0.1) is 0 Å². The van der Waals surface area contributed by atoms with E-state index in [9.17, 15) is 9.18 Å². The Kier molecular flexibility index (Phi) is 7.74. The van der Waals surface area contributed by atoms with Crippen molar-refractivity contribution in [2.75, 3.05) is 24.7 Å². The predicted octanol–water partition coefficient (Wildman–Crippen LogP) is 3.86. The van der Waals surface area contributed by atoms with E-state index in [1.807, 2.05) is 26.1 Å². The summed E-state index contributed by atoms with van der Waals surface area (Å²) in [6.07, 6.45) is 3.13. The Morgan fingerprint density at radius 3 is 2.43 bits per heavy atom. The molecule has 2 N–H and O–H groups in total. The van der Waals surface area contributed by atoms with Crippen molar-refractivity contribution < 1.29 is 9.18 Å². The molecular formula is C18H24FN3O. The van der Waals surface area contributed by atoms with Gasteiger partial charge in [0.15, 0.2) is 0 Å². The molecule has 4 nitrogen and oxygen atoms in total. The van der Waals surface area contributed by atoms with E-state index >= 15 is 0 Å². The van der Waals surface area contributed by atoms with E-state index in [4.69, 9.17) is 0 Å². The molecule has 0 radical (unpaired) electrons. The van der Waals surface area contributed by atoms with Gasteiger partial charge in [-0.3, -0.25) is 0 Å². The third-order valence-corrected chi connectivity index (χ3v) is 3.49. The van der Waals surface area contributed by atoms with Crippen LogP contribution in [0.2, 0.25) is 0 Å². The largest absolute Gasteiger partial charge is 0.388 e. The number of pyridine rings is 1. The first-order valence-corrected chi connectivity index (χ1v) is 7.60. The van der Waals surface area contributed by atoms with Crippen molar-refractivity contribution in [3.63, 3.8) is 0 Å². The standard InChI is InChI=1S/C12H17NO.C6H7FN2/c1-4-10-7-11(9(2)8-14)5-6-12(10)13-3;1-8-6-3-2-5(7)4-9-6/h5-9,13H,4H2,1-3H3;2-4H,1H3,(H,8,9). The number of carbonyl (C=O) groups is 1. The molecule has 0 spiro atoms. The Labute approximate surface area is 137 Å². The van der Waals surface area contributed by atoms with Gasteiger partial charge in [0, 0.05) is 25.7 Å². The lowest BCUT2D eigenvalue weighted by atomic mass is 9.98. The molecule has 124 valence electrons. The number of benzene rings is 1. The number of hydrogen-bond acceptors (Lipinski definition) is 4. The summed E-state index contributed by atoms with van der Waals surface area (Å²) in [6.45, 7) is 4.03. The van der Waals surface area contributed by atoms with E-state index in [0.29, 0.717) is 5.82 Å². The van der Waals surface area contributed by atoms with E-state index in [1.165, 1.54) is 17.8 Å². The molecule has 1 atom stereocenters. The highest BCUT2D eigenvalue weighted by atomic mass is 19.1. The lowest BCUT2D eigenvalue weighted by molar-refractivity contribution is -0.108. The van der Waals surface area contributed by atoms with E-state index in [-0.39, 0.29) is 11.7 Å². The summed E-state index contributed by atoms with van der Waals surface area (Å²) in [5, 5.41) is 5.92. The molecule has 0 aliphatic heterocycles. The second-order valence-electron chi connectivity index (χ2n) is 5.06. The average Bonchev–Trinajstić information content (AvgIpc) is 2.61. The lowest BCUT2D eigenvalue weighted by Crippen LogP contribution is -1.99. The zero-order valence-corrected chi connectivity index (χ0v) is 14.1. The zero-order chi connectivity index (χ0) is 17.2. The molecule has 0 fully saturated rings. The fraction of sp³-hybridized carbons (Fsp3) is 0.333. The van der Waals surface area contributed by atoms with Crippen LogP contribution in [0, 0.1) is 5.82 Å². The second-order valence-corrected chi connectivity index (χ2v) is 5.06. The molecule has 23 heavy (non-hydrogen) atoms. The first-order chi connectivity index (χ1) is 11.0. The smallest absolute Gasteiger partial charge is 0.141 e. The van der Waals surface area contributed by atoms with Gasteiger partial charge < -0.3 is 15.4 Å². The lowest BCUT2D eigenvalue weighted by Gasteiger charge is -2.11. The first kappa shape index (κ1) is 18.6. The van der Waals surface area contributed by atoms with Crippen molar-refractivity contribution in [3.05, 3.63) is 53.5 Å². The van der Waals surface area contributed by atoms with Gasteiger partial charge in [-0.1, -0.05) is 26.0 Å². The van der Waals surface area contributed by atoms with Crippen molar-refractivity contribution in [1.29, 1.82) is 0 Å². The van der Waals surface area contributed by atoms with Gasteiger partial charge in [-0.2, -0.15) is 0 Å². The number of nitrogens with one attached hydrogen (secondary N) is 2. The number of rotatable bonds is 5. The molecule has 1 heterocycles. The quantitative estimate of drug-likeness (QED) is 0.822. The van der Waals surface area contributed by atoms with Crippen molar-refractivity contribution >= 4 is 17.8 Å². The van der Waals surface area contributed by atoms with Crippen molar-refractivity contribution in [2.45, 2.75) is 26.2 Å². The topological polar surface area (TPSA) is 54.0 Å². The summed E-state index contributed by atoms with van der Waals surface area (Å²) in [5.74, 6) is 0.358. The van der Waals surface area contributed by atoms with Crippen LogP contribution in [0.3, 0.4) is 0 Å². The molecule has 0 amide bonds. The highest BCUT2D eigenvalue weighted by molar-refractivity contribution is 5.63. The third kappa shape index (κ3) is 5.70. The fourth-order valence-electron chi connectivity index (χ4n) is 2.04. The number of aromatic nitrogens is 1. The number of nitrogens with zero attached hydrogens (tertiary/aromatic N) is 1. The zero-order valence-electron chi connectivity index (χ0n) is 14.1. The molecule has 2 rings (SSSR count). The number of aryl methyl sites for hydroxylation is 1. The number of carbonyl (C=O) groups excluding carboxylic acids is 1. The SMILES string of the molecule is CCc1cc(C(C)C=O)ccc1NC.CNc1ccc(F)cn1. The molecule has 0 aliphatic rings. The molecule has 1 aromatic heterocycles. The number of halogens is 1. The van der Waals surface area contributed by atoms with Gasteiger partial charge in [0.05, 0.1) is 6.20 Å². The fourth-order valence-corrected chi connectivity index (χ4v) is 2.04. The van der Waals surface area contributed by atoms with E-state index in [2.05, 4.69) is 28.6 Å². The first-order valence-electron chi connectivity index (χ1n) is 7.60. The van der Waals surface area contributed by atoms with Gasteiger partial charge >= 0.3 is 0 Å². The average molecular weight is 317 g/mol. The van der Waals surface area contributed by atoms with Gasteiger partial charge in [-0.05, 0) is 35.7 Å². The van der Waals surface area contributed by atoms with Gasteiger partial charge in [0.2, 0.25) is 0 Å². The summed E-state index contributed by atoms with van der Waals surface area (Å²) in [5.41, 5.74) is 3.50. The van der Waals surface area contributed by atoms with E-state index in [0.717, 1.165) is 24.0 Å². The van der Waals surface area contributed by atoms with Gasteiger partial charge in [-0.25, -0.2) is 9.37 Å². The van der Waals surface area contributed by atoms with E-state index in [1.54, 1.807) is 13.1 Å². The van der Waals surface area contributed by atoms with Crippen LogP contribution in [-0.4, -0.2) is 25.4 Å². The predicted molar refractivity (Wildman–Crippen MR) is 93.6 cm³/mol. The minimum absolute atomic E-state index is 0.00814. The van der Waals surface area contributed by atoms with Crippen molar-refractivity contribution in [2.24, 2.45) is 0 Å². The van der Waals surface area contributed by atoms with Crippen LogP contribution in [0.5, 0.6) is 0 Å². The molecular weight excluding hydrogens is 293 g/mol. The van der Waals surface area contributed by atoms with Gasteiger partial charge in [0.1, 0.15) is 17.9 Å². The highest BCUT2D eigenvalue weighted by Gasteiger charge is 2.06. The summed E-state index contributed by atoms with van der Waals surface area (Å²) >= 11 is 0. The summed E-state index contributed by atoms with van der Waals surface area (Å²) in [6, 6.07) is 9.08. The minimum Gasteiger partial charge on any atom is -0.388 e. The molecule has 2 aromatic rings. The molecule has 5 heteroatoms. The van der Waals surface area contributed by atoms with Crippen molar-refractivity contribution in [1.82, 2.24) is 4.98 Å². The minimum atomic E-state index is -0.311. The van der Waals surface area contributed by atoms with Crippen LogP contribution >= 0.6 is 0 Å². The Morgan fingerprint density at radius 2 is 1.96 bits per heavy atom. The summed E-state index contributed by atoms with van der Waals surface area (Å²) in [7, 11) is 3.65. The third-order valence-electron chi connectivity index (χ3n) is 3.49. The summed E-state index contributed by atoms with van der Waals surface area (Å²) in [4.78, 5) is 14.4. The molecule has 1 unspecified atom stereocenters. The Hall–Kier alpha value is -2.43. The Bertz CT molecular complexity index is 614. The molecule has 0 aliphatic carbocycles. The Morgan fingerprint density at radius 1 is 1.22 bits per heavy atom. The van der Waals surface area contributed by atoms with Crippen LogP contribution in [0.15, 0.2) is 36.5 Å². The maximum Gasteiger partial charge on any atom is 0.141 e. The van der Waals surface area contributed by atoms with Crippen LogP contribution < -0.4 is 10.6 Å². The maximum absolute atomic E-state index is 12.1. The monoisotopic (exact) mass is 317 g/mol. The van der Waals surface area contributed by atoms with Gasteiger partial charge in [0.25, 0.3) is 0 Å². The number of aldehydes is 1. The van der Waals surface area contributed by atoms with Crippen LogP contribution in [0.25, 0.3) is 0 Å². The normalized spacial score (nSPS) is 11.0. The summed E-state index contributed by atoms with van der Waals surface area (Å²) < 4.78 is 12.1. The van der Waals surface area contributed by atoms with Crippen molar-refractivity contribution in [3.8, 4) is 0 Å². The Balaban J connectivity index is 0.000000253. The molecule has 0 bridgehead atoms. The molecule has 0 saturated carbocycles. The highest BCUT2D eigenvalue weighted by Crippen LogP contribution is 2.21. The number of hydrogen-bond donors (Lipinski definition) is 2. The molecule has 0 saturated heterocycles. The van der Waals surface area contributed by atoms with E-state index < -0.39 is 0 Å². The second kappa shape index (κ2) is 9.56.